The first-order chi connectivity index (χ1) is 10.1. The molecule has 21 heavy (non-hydrogen) atoms. The van der Waals surface area contributed by atoms with Crippen molar-refractivity contribution in [2.75, 3.05) is 11.9 Å². The van der Waals surface area contributed by atoms with E-state index in [4.69, 9.17) is 9.47 Å². The van der Waals surface area contributed by atoms with Crippen LogP contribution in [0.25, 0.3) is 0 Å². The predicted molar refractivity (Wildman–Crippen MR) is 76.1 cm³/mol. The lowest BCUT2D eigenvalue weighted by atomic mass is 10.1. The Kier molecular flexibility index (Phi) is 3.55. The number of fused-ring (bicyclic) bond motifs is 1. The summed E-state index contributed by atoms with van der Waals surface area (Å²) in [6, 6.07) is 5.38. The van der Waals surface area contributed by atoms with Gasteiger partial charge >= 0.3 is 0 Å². The summed E-state index contributed by atoms with van der Waals surface area (Å²) in [5.74, 6) is 0.425. The second-order valence-corrected chi connectivity index (χ2v) is 5.31. The molecular weight excluding hydrogens is 272 g/mol. The van der Waals surface area contributed by atoms with Gasteiger partial charge in [-0.05, 0) is 31.0 Å². The number of anilines is 1. The van der Waals surface area contributed by atoms with Crippen LogP contribution in [0.15, 0.2) is 18.2 Å². The second-order valence-electron chi connectivity index (χ2n) is 5.31. The van der Waals surface area contributed by atoms with Gasteiger partial charge < -0.3 is 20.1 Å². The molecule has 0 aliphatic carbocycles. The molecule has 0 bridgehead atoms. The lowest BCUT2D eigenvalue weighted by molar-refractivity contribution is -0.124. The molecule has 1 aromatic rings. The fourth-order valence-corrected chi connectivity index (χ4v) is 2.29. The highest BCUT2D eigenvalue weighted by Crippen LogP contribution is 2.33. The molecule has 3 unspecified atom stereocenters. The highest BCUT2D eigenvalue weighted by atomic mass is 16.6. The van der Waals surface area contributed by atoms with Gasteiger partial charge in [0.1, 0.15) is 5.75 Å². The van der Waals surface area contributed by atoms with E-state index in [0.29, 0.717) is 24.5 Å². The molecule has 2 heterocycles. The Bertz CT molecular complexity index is 583. The summed E-state index contributed by atoms with van der Waals surface area (Å²) < 4.78 is 10.7. The molecule has 0 spiro atoms. The van der Waals surface area contributed by atoms with Crippen molar-refractivity contribution in [3.63, 3.8) is 0 Å². The van der Waals surface area contributed by atoms with Gasteiger partial charge in [-0.15, -0.1) is 0 Å². The standard InChI is InChI=1S/C15H18N2O4/c1-3-11-14(18)17-10-5-4-9(6-12(10)21-11)8(2)16-15(19)13-7-20-13/h4-6,8,11,13H,3,7H2,1-2H3,(H,16,19)(H,17,18). The van der Waals surface area contributed by atoms with Crippen molar-refractivity contribution >= 4 is 17.5 Å². The molecule has 0 saturated carbocycles. The average Bonchev–Trinajstić information content (AvgIpc) is 3.30. The van der Waals surface area contributed by atoms with Crippen LogP contribution >= 0.6 is 0 Å². The number of epoxide rings is 1. The maximum atomic E-state index is 11.7. The summed E-state index contributed by atoms with van der Waals surface area (Å²) in [5, 5.41) is 5.72. The lowest BCUT2D eigenvalue weighted by Crippen LogP contribution is -2.36. The molecule has 2 aliphatic heterocycles. The number of hydrogen-bond donors (Lipinski definition) is 2. The van der Waals surface area contributed by atoms with Gasteiger partial charge in [0, 0.05) is 0 Å². The maximum Gasteiger partial charge on any atom is 0.265 e. The highest BCUT2D eigenvalue weighted by Gasteiger charge is 2.32. The van der Waals surface area contributed by atoms with E-state index >= 15 is 0 Å². The molecule has 6 heteroatoms. The molecule has 1 saturated heterocycles. The Labute approximate surface area is 122 Å². The van der Waals surface area contributed by atoms with Crippen LogP contribution < -0.4 is 15.4 Å². The zero-order chi connectivity index (χ0) is 15.0. The molecule has 3 atom stereocenters. The highest BCUT2D eigenvalue weighted by molar-refractivity contribution is 5.97. The smallest absolute Gasteiger partial charge is 0.265 e. The minimum Gasteiger partial charge on any atom is -0.478 e. The first-order valence-corrected chi connectivity index (χ1v) is 7.12. The topological polar surface area (TPSA) is 80.0 Å². The Morgan fingerprint density at radius 1 is 1.52 bits per heavy atom. The predicted octanol–water partition coefficient (Wildman–Crippen LogP) is 1.37. The van der Waals surface area contributed by atoms with Crippen LogP contribution in [0.5, 0.6) is 5.75 Å². The van der Waals surface area contributed by atoms with Crippen molar-refractivity contribution in [3.8, 4) is 5.75 Å². The van der Waals surface area contributed by atoms with Crippen LogP contribution in [0, 0.1) is 0 Å². The molecule has 112 valence electrons. The van der Waals surface area contributed by atoms with Crippen molar-refractivity contribution < 1.29 is 19.1 Å². The van der Waals surface area contributed by atoms with Crippen LogP contribution in [0.4, 0.5) is 5.69 Å². The van der Waals surface area contributed by atoms with Gasteiger partial charge in [0.25, 0.3) is 11.8 Å². The molecular formula is C15H18N2O4. The van der Waals surface area contributed by atoms with E-state index in [-0.39, 0.29) is 24.0 Å². The van der Waals surface area contributed by atoms with E-state index in [9.17, 15) is 9.59 Å². The first kappa shape index (κ1) is 13.9. The largest absolute Gasteiger partial charge is 0.478 e. The molecule has 2 N–H and O–H groups in total. The number of benzene rings is 1. The van der Waals surface area contributed by atoms with Crippen LogP contribution in [-0.2, 0) is 14.3 Å². The number of carbonyl (C=O) groups excluding carboxylic acids is 2. The summed E-state index contributed by atoms with van der Waals surface area (Å²) in [6.07, 6.45) is -0.150. The number of nitrogens with one attached hydrogen (secondary N) is 2. The summed E-state index contributed by atoms with van der Waals surface area (Å²) in [6.45, 7) is 4.30. The second kappa shape index (κ2) is 5.37. The normalized spacial score (nSPS) is 24.4. The van der Waals surface area contributed by atoms with Gasteiger partial charge in [-0.1, -0.05) is 13.0 Å². The lowest BCUT2D eigenvalue weighted by Gasteiger charge is -2.26. The number of amides is 2. The van der Waals surface area contributed by atoms with E-state index in [1.807, 2.05) is 26.0 Å². The van der Waals surface area contributed by atoms with Gasteiger partial charge in [0.2, 0.25) is 0 Å². The van der Waals surface area contributed by atoms with Crippen LogP contribution in [0.2, 0.25) is 0 Å². The Morgan fingerprint density at radius 2 is 2.29 bits per heavy atom. The quantitative estimate of drug-likeness (QED) is 0.821. The van der Waals surface area contributed by atoms with E-state index < -0.39 is 6.10 Å². The van der Waals surface area contributed by atoms with Crippen molar-refractivity contribution in [1.82, 2.24) is 5.32 Å². The van der Waals surface area contributed by atoms with Crippen molar-refractivity contribution in [2.45, 2.75) is 38.5 Å². The molecule has 2 amide bonds. The fourth-order valence-electron chi connectivity index (χ4n) is 2.29. The Balaban J connectivity index is 1.75. The minimum absolute atomic E-state index is 0.0964. The zero-order valence-electron chi connectivity index (χ0n) is 12.0. The molecule has 1 fully saturated rings. The third kappa shape index (κ3) is 2.85. The fraction of sp³-hybridized carbons (Fsp3) is 0.467. The molecule has 2 aliphatic rings. The molecule has 6 nitrogen and oxygen atoms in total. The molecule has 0 radical (unpaired) electrons. The van der Waals surface area contributed by atoms with Crippen LogP contribution in [0.1, 0.15) is 31.9 Å². The van der Waals surface area contributed by atoms with Gasteiger partial charge in [-0.3, -0.25) is 9.59 Å². The Morgan fingerprint density at radius 3 is 2.95 bits per heavy atom. The number of rotatable bonds is 4. The summed E-state index contributed by atoms with van der Waals surface area (Å²) in [7, 11) is 0. The number of hydrogen-bond acceptors (Lipinski definition) is 4. The number of carbonyl (C=O) groups is 2. The van der Waals surface area contributed by atoms with Gasteiger partial charge in [0.05, 0.1) is 18.3 Å². The zero-order valence-corrected chi connectivity index (χ0v) is 12.0. The van der Waals surface area contributed by atoms with Crippen molar-refractivity contribution in [2.24, 2.45) is 0 Å². The first-order valence-electron chi connectivity index (χ1n) is 7.12. The molecule has 0 aromatic heterocycles. The van der Waals surface area contributed by atoms with Gasteiger partial charge in [0.15, 0.2) is 12.2 Å². The van der Waals surface area contributed by atoms with Crippen LogP contribution in [0.3, 0.4) is 0 Å². The van der Waals surface area contributed by atoms with Crippen molar-refractivity contribution in [3.05, 3.63) is 23.8 Å². The average molecular weight is 290 g/mol. The molecule has 1 aromatic carbocycles. The van der Waals surface area contributed by atoms with Gasteiger partial charge in [-0.2, -0.15) is 0 Å². The SMILES string of the molecule is CCC1Oc2cc(C(C)NC(=O)C3CO3)ccc2NC1=O. The van der Waals surface area contributed by atoms with E-state index in [1.54, 1.807) is 6.07 Å². The summed E-state index contributed by atoms with van der Waals surface area (Å²) >= 11 is 0. The monoisotopic (exact) mass is 290 g/mol. The van der Waals surface area contributed by atoms with Gasteiger partial charge in [-0.25, -0.2) is 0 Å². The van der Waals surface area contributed by atoms with Crippen LogP contribution in [-0.4, -0.2) is 30.6 Å². The van der Waals surface area contributed by atoms with E-state index in [1.165, 1.54) is 0 Å². The van der Waals surface area contributed by atoms with Crippen molar-refractivity contribution in [1.29, 1.82) is 0 Å². The summed E-state index contributed by atoms with van der Waals surface area (Å²) in [4.78, 5) is 23.4. The Hall–Kier alpha value is -2.08. The summed E-state index contributed by atoms with van der Waals surface area (Å²) in [5.41, 5.74) is 1.59. The minimum atomic E-state index is -0.461. The number of ether oxygens (including phenoxy) is 2. The maximum absolute atomic E-state index is 11.7. The third-order valence-electron chi connectivity index (χ3n) is 3.68. The molecule has 3 rings (SSSR count). The third-order valence-corrected chi connectivity index (χ3v) is 3.68. The van der Waals surface area contributed by atoms with E-state index in [0.717, 1.165) is 5.56 Å². The van der Waals surface area contributed by atoms with E-state index in [2.05, 4.69) is 10.6 Å².